The van der Waals surface area contributed by atoms with E-state index in [0.717, 1.165) is 33.8 Å². The van der Waals surface area contributed by atoms with Gasteiger partial charge in [-0.05, 0) is 49.4 Å². The molecule has 4 rings (SSSR count). The first-order valence-corrected chi connectivity index (χ1v) is 13.8. The molecule has 2 aliphatic rings. The number of alkyl carbamates (subject to hydrolysis) is 2. The Labute approximate surface area is 222 Å². The van der Waals surface area contributed by atoms with Crippen molar-refractivity contribution in [2.75, 3.05) is 37.7 Å². The molecule has 1 saturated heterocycles. The second-order valence-corrected chi connectivity index (χ2v) is 11.4. The molecule has 0 unspecified atom stereocenters. The van der Waals surface area contributed by atoms with E-state index in [1.165, 1.54) is 0 Å². The molecule has 1 fully saturated rings. The smallest absolute Gasteiger partial charge is 0.408 e. The van der Waals surface area contributed by atoms with E-state index >= 15 is 0 Å². The summed E-state index contributed by atoms with van der Waals surface area (Å²) >= 11 is 1.80. The number of hydrogen-bond acceptors (Lipinski definition) is 6. The minimum Gasteiger partial charge on any atom is -0.449 e. The maximum absolute atomic E-state index is 13.1. The van der Waals surface area contributed by atoms with Crippen LogP contribution in [0.5, 0.6) is 0 Å². The van der Waals surface area contributed by atoms with Crippen molar-refractivity contribution in [2.45, 2.75) is 44.8 Å². The third-order valence-corrected chi connectivity index (χ3v) is 7.30. The molecule has 0 saturated carbocycles. The SMILES string of the molecule is CC(C)(C)OC(=O)N[C@@H](CCNC(=O)OCC1c2ccccc2-c2ccccc21)C(=O)N1CCSCC1. The van der Waals surface area contributed by atoms with Gasteiger partial charge in [-0.15, -0.1) is 0 Å². The molecule has 2 aromatic carbocycles. The minimum absolute atomic E-state index is 0.0294. The Hall–Kier alpha value is -3.20. The lowest BCUT2D eigenvalue weighted by molar-refractivity contribution is -0.133. The van der Waals surface area contributed by atoms with Crippen molar-refractivity contribution in [3.63, 3.8) is 0 Å². The molecule has 9 heteroatoms. The van der Waals surface area contributed by atoms with Crippen molar-refractivity contribution >= 4 is 29.9 Å². The van der Waals surface area contributed by atoms with E-state index in [1.807, 2.05) is 24.3 Å². The summed E-state index contributed by atoms with van der Waals surface area (Å²) in [4.78, 5) is 39.8. The molecule has 3 amide bonds. The maximum Gasteiger partial charge on any atom is 0.408 e. The molecule has 37 heavy (non-hydrogen) atoms. The number of hydrogen-bond donors (Lipinski definition) is 2. The maximum atomic E-state index is 13.1. The fourth-order valence-electron chi connectivity index (χ4n) is 4.68. The van der Waals surface area contributed by atoms with Gasteiger partial charge in [-0.25, -0.2) is 9.59 Å². The highest BCUT2D eigenvalue weighted by molar-refractivity contribution is 7.99. The van der Waals surface area contributed by atoms with E-state index in [9.17, 15) is 14.4 Å². The summed E-state index contributed by atoms with van der Waals surface area (Å²) in [5, 5.41) is 5.43. The van der Waals surface area contributed by atoms with Gasteiger partial charge in [-0.3, -0.25) is 4.79 Å². The molecular formula is C28H35N3O5S. The quantitative estimate of drug-likeness (QED) is 0.557. The van der Waals surface area contributed by atoms with Gasteiger partial charge in [0.05, 0.1) is 0 Å². The molecular weight excluding hydrogens is 490 g/mol. The first-order chi connectivity index (χ1) is 17.7. The number of carbonyl (C=O) groups excluding carboxylic acids is 3. The van der Waals surface area contributed by atoms with Crippen LogP contribution < -0.4 is 10.6 Å². The third-order valence-electron chi connectivity index (χ3n) is 6.36. The van der Waals surface area contributed by atoms with E-state index in [1.54, 1.807) is 37.4 Å². The van der Waals surface area contributed by atoms with Crippen molar-refractivity contribution < 1.29 is 23.9 Å². The number of thioether (sulfide) groups is 1. The number of amides is 3. The first-order valence-electron chi connectivity index (χ1n) is 12.7. The zero-order valence-corrected chi connectivity index (χ0v) is 22.4. The van der Waals surface area contributed by atoms with Crippen LogP contribution in [-0.4, -0.2) is 72.4 Å². The summed E-state index contributed by atoms with van der Waals surface area (Å²) in [6.45, 7) is 6.96. The van der Waals surface area contributed by atoms with Gasteiger partial charge in [-0.1, -0.05) is 48.5 Å². The largest absolute Gasteiger partial charge is 0.449 e. The Morgan fingerprint density at radius 1 is 0.973 bits per heavy atom. The van der Waals surface area contributed by atoms with Gasteiger partial charge in [0.25, 0.3) is 0 Å². The zero-order chi connectivity index (χ0) is 26.4. The molecule has 0 spiro atoms. The first kappa shape index (κ1) is 26.9. The van der Waals surface area contributed by atoms with Crippen LogP contribution in [0, 0.1) is 0 Å². The van der Waals surface area contributed by atoms with E-state index in [4.69, 9.17) is 9.47 Å². The standard InChI is InChI=1S/C28H35N3O5S/c1-28(2,3)36-27(34)30-24(25(32)31-14-16-37-17-15-31)12-13-29-26(33)35-18-23-21-10-6-4-8-19(21)20-9-5-7-11-22(20)23/h4-11,23-24H,12-18H2,1-3H3,(H,29,33)(H,30,34)/t24-/m0/s1. The summed E-state index contributed by atoms with van der Waals surface area (Å²) in [6.07, 6.45) is -0.982. The number of rotatable bonds is 7. The molecule has 8 nitrogen and oxygen atoms in total. The van der Waals surface area contributed by atoms with Gasteiger partial charge in [0, 0.05) is 37.1 Å². The van der Waals surface area contributed by atoms with Crippen LogP contribution in [0.25, 0.3) is 11.1 Å². The summed E-state index contributed by atoms with van der Waals surface area (Å²) in [5.74, 6) is 1.53. The molecule has 0 aromatic heterocycles. The number of fused-ring (bicyclic) bond motifs is 3. The number of nitrogens with one attached hydrogen (secondary N) is 2. The summed E-state index contributed by atoms with van der Waals surface area (Å²) < 4.78 is 10.9. The monoisotopic (exact) mass is 525 g/mol. The van der Waals surface area contributed by atoms with Crippen molar-refractivity contribution in [3.8, 4) is 11.1 Å². The van der Waals surface area contributed by atoms with Crippen LogP contribution in [0.2, 0.25) is 0 Å². The molecule has 2 N–H and O–H groups in total. The van der Waals surface area contributed by atoms with Gasteiger partial charge in [0.2, 0.25) is 5.91 Å². The van der Waals surface area contributed by atoms with Crippen LogP contribution in [0.3, 0.4) is 0 Å². The summed E-state index contributed by atoms with van der Waals surface area (Å²) in [6, 6.07) is 15.5. The van der Waals surface area contributed by atoms with Crippen LogP contribution in [-0.2, 0) is 14.3 Å². The predicted molar refractivity (Wildman–Crippen MR) is 145 cm³/mol. The fourth-order valence-corrected chi connectivity index (χ4v) is 5.58. The lowest BCUT2D eigenvalue weighted by atomic mass is 9.98. The molecule has 0 radical (unpaired) electrons. The zero-order valence-electron chi connectivity index (χ0n) is 21.6. The van der Waals surface area contributed by atoms with E-state index in [-0.39, 0.29) is 31.4 Å². The van der Waals surface area contributed by atoms with Gasteiger partial charge < -0.3 is 25.0 Å². The summed E-state index contributed by atoms with van der Waals surface area (Å²) in [7, 11) is 0. The highest BCUT2D eigenvalue weighted by Gasteiger charge is 2.30. The molecule has 2 aromatic rings. The Morgan fingerprint density at radius 2 is 1.57 bits per heavy atom. The van der Waals surface area contributed by atoms with E-state index in [2.05, 4.69) is 34.9 Å². The van der Waals surface area contributed by atoms with Crippen LogP contribution in [0.1, 0.15) is 44.2 Å². The second-order valence-electron chi connectivity index (χ2n) is 10.2. The lowest BCUT2D eigenvalue weighted by Gasteiger charge is -2.31. The van der Waals surface area contributed by atoms with Gasteiger partial charge in [0.15, 0.2) is 0 Å². The molecule has 1 aliphatic heterocycles. The van der Waals surface area contributed by atoms with Crippen molar-refractivity contribution in [2.24, 2.45) is 0 Å². The number of nitrogens with zero attached hydrogens (tertiary/aromatic N) is 1. The van der Waals surface area contributed by atoms with Crippen LogP contribution in [0.15, 0.2) is 48.5 Å². The highest BCUT2D eigenvalue weighted by Crippen LogP contribution is 2.44. The molecule has 0 bridgehead atoms. The van der Waals surface area contributed by atoms with Gasteiger partial charge >= 0.3 is 12.2 Å². The minimum atomic E-state index is -0.799. The highest BCUT2D eigenvalue weighted by atomic mass is 32.2. The average Bonchev–Trinajstić information content (AvgIpc) is 3.19. The Morgan fingerprint density at radius 3 is 2.16 bits per heavy atom. The van der Waals surface area contributed by atoms with Crippen molar-refractivity contribution in [3.05, 3.63) is 59.7 Å². The third kappa shape index (κ3) is 6.97. The van der Waals surface area contributed by atoms with E-state index in [0.29, 0.717) is 13.1 Å². The van der Waals surface area contributed by atoms with Gasteiger partial charge in [0.1, 0.15) is 18.2 Å². The molecule has 1 atom stereocenters. The molecule has 1 heterocycles. The topological polar surface area (TPSA) is 97.0 Å². The lowest BCUT2D eigenvalue weighted by Crippen LogP contribution is -2.52. The number of benzene rings is 2. The van der Waals surface area contributed by atoms with Gasteiger partial charge in [-0.2, -0.15) is 11.8 Å². The fraction of sp³-hybridized carbons (Fsp3) is 0.464. The van der Waals surface area contributed by atoms with E-state index < -0.39 is 23.8 Å². The average molecular weight is 526 g/mol. The van der Waals surface area contributed by atoms with Crippen molar-refractivity contribution in [1.29, 1.82) is 0 Å². The number of ether oxygens (including phenoxy) is 2. The second kappa shape index (κ2) is 11.9. The summed E-state index contributed by atoms with van der Waals surface area (Å²) in [5.41, 5.74) is 3.93. The Kier molecular flexibility index (Phi) is 8.63. The normalized spacial score (nSPS) is 15.8. The predicted octanol–water partition coefficient (Wildman–Crippen LogP) is 4.38. The van der Waals surface area contributed by atoms with Crippen molar-refractivity contribution in [1.82, 2.24) is 15.5 Å². The van der Waals surface area contributed by atoms with Crippen LogP contribution in [0.4, 0.5) is 9.59 Å². The molecule has 1 aliphatic carbocycles. The Bertz CT molecular complexity index is 1080. The van der Waals surface area contributed by atoms with Crippen LogP contribution >= 0.6 is 11.8 Å². The number of carbonyl (C=O) groups is 3. The molecule has 198 valence electrons. The Balaban J connectivity index is 1.32.